The monoisotopic (exact) mass is 212 g/mol. The number of hydrogen-bond acceptors (Lipinski definition) is 1. The first kappa shape index (κ1) is 9.83. The lowest BCUT2D eigenvalue weighted by Gasteiger charge is -2.34. The van der Waals surface area contributed by atoms with Crippen LogP contribution in [-0.2, 0) is 6.42 Å². The van der Waals surface area contributed by atoms with E-state index in [9.17, 15) is 4.79 Å². The van der Waals surface area contributed by atoms with Crippen molar-refractivity contribution in [2.45, 2.75) is 32.6 Å². The minimum Gasteiger partial charge on any atom is -0.293 e. The normalized spacial score (nSPS) is 28.1. The van der Waals surface area contributed by atoms with Gasteiger partial charge in [0.05, 0.1) is 5.41 Å². The quantitative estimate of drug-likeness (QED) is 0.601. The van der Waals surface area contributed by atoms with E-state index >= 15 is 0 Å². The van der Waals surface area contributed by atoms with Gasteiger partial charge in [0.25, 0.3) is 0 Å². The summed E-state index contributed by atoms with van der Waals surface area (Å²) < 4.78 is 0. The Hall–Kier alpha value is -1.37. The molecule has 1 heteroatoms. The largest absolute Gasteiger partial charge is 0.293 e. The predicted octanol–water partition coefficient (Wildman–Crippen LogP) is 3.54. The molecule has 0 bridgehead atoms. The van der Waals surface area contributed by atoms with Crippen molar-refractivity contribution < 1.29 is 4.79 Å². The van der Waals surface area contributed by atoms with Crippen molar-refractivity contribution >= 4 is 5.78 Å². The van der Waals surface area contributed by atoms with Crippen molar-refractivity contribution in [1.82, 2.24) is 0 Å². The maximum atomic E-state index is 12.6. The molecule has 0 fully saturated rings. The first-order valence-electron chi connectivity index (χ1n) is 6.04. The molecule has 0 radical (unpaired) electrons. The van der Waals surface area contributed by atoms with Crippen LogP contribution in [0.2, 0.25) is 0 Å². The van der Waals surface area contributed by atoms with Crippen LogP contribution in [0.4, 0.5) is 0 Å². The van der Waals surface area contributed by atoms with Crippen molar-refractivity contribution in [3.63, 3.8) is 0 Å². The van der Waals surface area contributed by atoms with E-state index in [4.69, 9.17) is 0 Å². The van der Waals surface area contributed by atoms with Crippen LogP contribution in [0.25, 0.3) is 0 Å². The van der Waals surface area contributed by atoms with Gasteiger partial charge in [-0.2, -0.15) is 0 Å². The van der Waals surface area contributed by atoms with Gasteiger partial charge >= 0.3 is 0 Å². The molecule has 1 atom stereocenters. The molecule has 0 amide bonds. The van der Waals surface area contributed by atoms with Gasteiger partial charge in [-0.05, 0) is 38.2 Å². The van der Waals surface area contributed by atoms with Crippen LogP contribution in [-0.4, -0.2) is 5.78 Å². The summed E-state index contributed by atoms with van der Waals surface area (Å²) in [6.07, 6.45) is 6.38. The van der Waals surface area contributed by atoms with E-state index in [1.807, 2.05) is 18.2 Å². The molecule has 1 aromatic rings. The Balaban J connectivity index is 2.11. The highest BCUT2D eigenvalue weighted by atomic mass is 16.1. The van der Waals surface area contributed by atoms with E-state index < -0.39 is 0 Å². The highest BCUT2D eigenvalue weighted by Crippen LogP contribution is 2.48. The lowest BCUT2D eigenvalue weighted by molar-refractivity contribution is 0.0811. The Morgan fingerprint density at radius 3 is 2.75 bits per heavy atom. The minimum atomic E-state index is -0.144. The van der Waals surface area contributed by atoms with Crippen LogP contribution in [0.1, 0.15) is 42.1 Å². The van der Waals surface area contributed by atoms with Gasteiger partial charge in [0.15, 0.2) is 5.78 Å². The molecule has 0 aliphatic heterocycles. The van der Waals surface area contributed by atoms with E-state index in [2.05, 4.69) is 19.1 Å². The fourth-order valence-electron chi connectivity index (χ4n) is 3.22. The van der Waals surface area contributed by atoms with Gasteiger partial charge in [0, 0.05) is 5.56 Å². The molecule has 3 rings (SSSR count). The Labute approximate surface area is 96.2 Å². The molecule has 82 valence electrons. The third-order valence-corrected chi connectivity index (χ3v) is 4.29. The van der Waals surface area contributed by atoms with E-state index in [-0.39, 0.29) is 5.41 Å². The zero-order valence-electron chi connectivity index (χ0n) is 9.62. The van der Waals surface area contributed by atoms with Gasteiger partial charge in [-0.15, -0.1) is 0 Å². The first-order chi connectivity index (χ1) is 7.74. The summed E-state index contributed by atoms with van der Waals surface area (Å²) in [5.74, 6) is 0.362. The number of hydrogen-bond donors (Lipinski definition) is 0. The summed E-state index contributed by atoms with van der Waals surface area (Å²) in [6, 6.07) is 8.09. The molecule has 16 heavy (non-hydrogen) atoms. The van der Waals surface area contributed by atoms with Crippen LogP contribution < -0.4 is 0 Å². The summed E-state index contributed by atoms with van der Waals surface area (Å²) >= 11 is 0. The number of benzene rings is 1. The third-order valence-electron chi connectivity index (χ3n) is 4.29. The molecule has 0 heterocycles. The molecule has 1 aromatic carbocycles. The van der Waals surface area contributed by atoms with Gasteiger partial charge < -0.3 is 0 Å². The summed E-state index contributed by atoms with van der Waals surface area (Å²) in [7, 11) is 0. The first-order valence-corrected chi connectivity index (χ1v) is 6.04. The zero-order valence-corrected chi connectivity index (χ0v) is 9.62. The summed E-state index contributed by atoms with van der Waals surface area (Å²) in [5, 5.41) is 0. The molecule has 0 aromatic heterocycles. The second-order valence-electron chi connectivity index (χ2n) is 4.99. The van der Waals surface area contributed by atoms with E-state index in [1.54, 1.807) is 0 Å². The molecule has 0 saturated heterocycles. The molecule has 1 unspecified atom stereocenters. The molecule has 0 N–H and O–H groups in total. The zero-order chi connectivity index (χ0) is 11.2. The molecule has 1 spiro atoms. The van der Waals surface area contributed by atoms with Crippen LogP contribution in [0.15, 0.2) is 35.9 Å². The van der Waals surface area contributed by atoms with E-state index in [0.29, 0.717) is 5.78 Å². The lowest BCUT2D eigenvalue weighted by Crippen LogP contribution is -2.35. The van der Waals surface area contributed by atoms with Crippen LogP contribution in [0.5, 0.6) is 0 Å². The van der Waals surface area contributed by atoms with Gasteiger partial charge in [0.1, 0.15) is 0 Å². The third kappa shape index (κ3) is 1.14. The number of carbonyl (C=O) groups is 1. The van der Waals surface area contributed by atoms with Gasteiger partial charge in [-0.25, -0.2) is 0 Å². The number of Topliss-reactive ketones (excluding diaryl/α,β-unsaturated/α-hetero) is 1. The predicted molar refractivity (Wildman–Crippen MR) is 64.5 cm³/mol. The summed E-state index contributed by atoms with van der Waals surface area (Å²) in [6.45, 7) is 2.12. The van der Waals surface area contributed by atoms with E-state index in [0.717, 1.165) is 31.2 Å². The molecular weight excluding hydrogens is 196 g/mol. The molecule has 2 aliphatic rings. The molecule has 2 aliphatic carbocycles. The van der Waals surface area contributed by atoms with Crippen molar-refractivity contribution in [2.75, 3.05) is 0 Å². The summed E-state index contributed by atoms with van der Waals surface area (Å²) in [5.41, 5.74) is 3.35. The van der Waals surface area contributed by atoms with Crippen molar-refractivity contribution in [3.05, 3.63) is 47.0 Å². The van der Waals surface area contributed by atoms with Crippen molar-refractivity contribution in [3.8, 4) is 0 Å². The van der Waals surface area contributed by atoms with Gasteiger partial charge in [-0.3, -0.25) is 4.79 Å². The average Bonchev–Trinajstić information content (AvgIpc) is 2.67. The fraction of sp³-hybridized carbons (Fsp3) is 0.400. The number of rotatable bonds is 0. The van der Waals surface area contributed by atoms with Crippen LogP contribution in [0.3, 0.4) is 0 Å². The number of ketones is 1. The number of allylic oxidation sites excluding steroid dienone is 2. The van der Waals surface area contributed by atoms with Gasteiger partial charge in [0.2, 0.25) is 0 Å². The Kier molecular flexibility index (Phi) is 2.03. The molecule has 0 saturated carbocycles. The lowest BCUT2D eigenvalue weighted by atomic mass is 9.67. The maximum absolute atomic E-state index is 12.6. The number of carbonyl (C=O) groups excluding carboxylic acids is 1. The van der Waals surface area contributed by atoms with Crippen LogP contribution in [0, 0.1) is 5.41 Å². The number of fused-ring (bicyclic) bond motifs is 1. The Bertz CT molecular complexity index is 484. The molecule has 1 nitrogen and oxygen atoms in total. The summed E-state index contributed by atoms with van der Waals surface area (Å²) in [4.78, 5) is 12.6. The standard InChI is InChI=1S/C15H16O/c1-11-5-4-9-15(11)10-8-12-6-2-3-7-13(12)14(15)16/h2-3,5-7H,4,8-10H2,1H3. The van der Waals surface area contributed by atoms with E-state index in [1.165, 1.54) is 11.1 Å². The topological polar surface area (TPSA) is 17.1 Å². The average molecular weight is 212 g/mol. The highest BCUT2D eigenvalue weighted by Gasteiger charge is 2.44. The maximum Gasteiger partial charge on any atom is 0.173 e. The fourth-order valence-corrected chi connectivity index (χ4v) is 3.22. The van der Waals surface area contributed by atoms with Crippen LogP contribution >= 0.6 is 0 Å². The molecular formula is C15H16O. The number of aryl methyl sites for hydroxylation is 1. The Morgan fingerprint density at radius 2 is 2.00 bits per heavy atom. The second kappa shape index (κ2) is 3.31. The highest BCUT2D eigenvalue weighted by molar-refractivity contribution is 6.04. The smallest absolute Gasteiger partial charge is 0.173 e. The Morgan fingerprint density at radius 1 is 1.19 bits per heavy atom. The minimum absolute atomic E-state index is 0.144. The second-order valence-corrected chi connectivity index (χ2v) is 4.99. The van der Waals surface area contributed by atoms with Gasteiger partial charge in [-0.1, -0.05) is 35.9 Å². The van der Waals surface area contributed by atoms with Crippen molar-refractivity contribution in [1.29, 1.82) is 0 Å². The SMILES string of the molecule is CC1=CCCC12CCc1ccccc1C2=O. The van der Waals surface area contributed by atoms with Crippen molar-refractivity contribution in [2.24, 2.45) is 5.41 Å².